The van der Waals surface area contributed by atoms with Gasteiger partial charge in [0, 0.05) is 18.7 Å². The van der Waals surface area contributed by atoms with Gasteiger partial charge in [0.2, 0.25) is 0 Å². The predicted octanol–water partition coefficient (Wildman–Crippen LogP) is 3.14. The maximum absolute atomic E-state index is 13.6. The molecule has 3 amide bonds. The number of hydrogen-bond donors (Lipinski definition) is 1. The Balaban J connectivity index is 1.34. The third-order valence-electron chi connectivity index (χ3n) is 5.44. The van der Waals surface area contributed by atoms with E-state index in [-0.39, 0.29) is 29.8 Å². The molecule has 172 valence electrons. The minimum Gasteiger partial charge on any atom is -0.452 e. The van der Waals surface area contributed by atoms with Gasteiger partial charge in [-0.15, -0.1) is 0 Å². The summed E-state index contributed by atoms with van der Waals surface area (Å²) in [6, 6.07) is 19.6. The van der Waals surface area contributed by atoms with Crippen LogP contribution in [0.25, 0.3) is 0 Å². The number of carbonyl (C=O) groups excluding carboxylic acids is 4. The molecule has 0 bridgehead atoms. The number of ether oxygens (including phenoxy) is 1. The Morgan fingerprint density at radius 3 is 2.35 bits per heavy atom. The van der Waals surface area contributed by atoms with Gasteiger partial charge in [-0.1, -0.05) is 48.5 Å². The van der Waals surface area contributed by atoms with Gasteiger partial charge < -0.3 is 10.1 Å². The lowest BCUT2D eigenvalue weighted by atomic mass is 10.1. The van der Waals surface area contributed by atoms with Gasteiger partial charge in [-0.05, 0) is 36.2 Å². The highest BCUT2D eigenvalue weighted by molar-refractivity contribution is 6.22. The van der Waals surface area contributed by atoms with Crippen molar-refractivity contribution in [2.45, 2.75) is 13.0 Å². The molecule has 3 aromatic carbocycles. The van der Waals surface area contributed by atoms with Crippen LogP contribution in [-0.2, 0) is 22.5 Å². The smallest absolute Gasteiger partial charge is 0.338 e. The molecule has 0 fully saturated rings. The minimum atomic E-state index is -0.813. The monoisotopic (exact) mass is 460 g/mol. The van der Waals surface area contributed by atoms with Crippen molar-refractivity contribution in [2.75, 3.05) is 13.2 Å². The second kappa shape index (κ2) is 10.1. The fraction of sp³-hybridized carbons (Fsp3) is 0.154. The fourth-order valence-corrected chi connectivity index (χ4v) is 3.61. The molecule has 0 unspecified atom stereocenters. The van der Waals surface area contributed by atoms with Gasteiger partial charge in [-0.2, -0.15) is 0 Å². The molecule has 4 rings (SSSR count). The van der Waals surface area contributed by atoms with Crippen molar-refractivity contribution in [1.29, 1.82) is 0 Å². The highest BCUT2D eigenvalue weighted by atomic mass is 19.1. The molecular formula is C26H21FN2O5. The lowest BCUT2D eigenvalue weighted by Crippen LogP contribution is -2.31. The van der Waals surface area contributed by atoms with E-state index in [1.807, 2.05) is 30.3 Å². The Kier molecular flexibility index (Phi) is 6.77. The first-order valence-corrected chi connectivity index (χ1v) is 10.7. The van der Waals surface area contributed by atoms with Gasteiger partial charge in [0.25, 0.3) is 17.7 Å². The van der Waals surface area contributed by atoms with Crippen molar-refractivity contribution in [3.05, 3.63) is 106 Å². The van der Waals surface area contributed by atoms with Crippen molar-refractivity contribution in [1.82, 2.24) is 10.2 Å². The summed E-state index contributed by atoms with van der Waals surface area (Å²) in [6.07, 6.45) is 0.517. The summed E-state index contributed by atoms with van der Waals surface area (Å²) < 4.78 is 18.6. The van der Waals surface area contributed by atoms with Crippen molar-refractivity contribution >= 4 is 23.7 Å². The molecule has 3 aromatic rings. The lowest BCUT2D eigenvalue weighted by Gasteiger charge is -2.13. The van der Waals surface area contributed by atoms with E-state index in [0.717, 1.165) is 10.5 Å². The maximum atomic E-state index is 13.6. The summed E-state index contributed by atoms with van der Waals surface area (Å²) in [5.41, 5.74) is 1.69. The van der Waals surface area contributed by atoms with Crippen LogP contribution in [0.2, 0.25) is 0 Å². The predicted molar refractivity (Wildman–Crippen MR) is 120 cm³/mol. The van der Waals surface area contributed by atoms with Crippen LogP contribution in [0.3, 0.4) is 0 Å². The SMILES string of the molecule is O=C(COC(=O)c1ccc2c(c1)C(=O)N(CCc1ccccc1)C2=O)NCc1ccccc1F. The van der Waals surface area contributed by atoms with Crippen LogP contribution >= 0.6 is 0 Å². The summed E-state index contributed by atoms with van der Waals surface area (Å²) in [5.74, 6) is -2.76. The third-order valence-corrected chi connectivity index (χ3v) is 5.44. The molecule has 8 heteroatoms. The standard InChI is InChI=1S/C26H21FN2O5/c27-22-9-5-4-8-19(22)15-28-23(30)16-34-26(33)18-10-11-20-21(14-18)25(32)29(24(20)31)13-12-17-6-2-1-3-7-17/h1-11,14H,12-13,15-16H2,(H,28,30). The molecule has 1 aliphatic heterocycles. The summed E-state index contributed by atoms with van der Waals surface area (Å²) in [6.45, 7) is -0.393. The highest BCUT2D eigenvalue weighted by Gasteiger charge is 2.35. The molecule has 0 aromatic heterocycles. The number of imide groups is 1. The molecule has 0 saturated carbocycles. The molecule has 0 aliphatic carbocycles. The van der Waals surface area contributed by atoms with E-state index >= 15 is 0 Å². The van der Waals surface area contributed by atoms with Crippen molar-refractivity contribution in [2.24, 2.45) is 0 Å². The van der Waals surface area contributed by atoms with Gasteiger partial charge in [0.1, 0.15) is 5.82 Å². The van der Waals surface area contributed by atoms with Crippen LogP contribution in [0.15, 0.2) is 72.8 Å². The maximum Gasteiger partial charge on any atom is 0.338 e. The van der Waals surface area contributed by atoms with Crippen LogP contribution < -0.4 is 5.32 Å². The molecule has 0 spiro atoms. The summed E-state index contributed by atoms with van der Waals surface area (Å²) in [4.78, 5) is 50.9. The van der Waals surface area contributed by atoms with Gasteiger partial charge >= 0.3 is 5.97 Å². The Hall–Kier alpha value is -4.33. The van der Waals surface area contributed by atoms with Gasteiger partial charge in [-0.3, -0.25) is 19.3 Å². The zero-order valence-electron chi connectivity index (χ0n) is 18.1. The average Bonchev–Trinajstić information content (AvgIpc) is 3.10. The molecule has 1 heterocycles. The summed E-state index contributed by atoms with van der Waals surface area (Å²) in [7, 11) is 0. The number of nitrogens with zero attached hydrogens (tertiary/aromatic N) is 1. The lowest BCUT2D eigenvalue weighted by molar-refractivity contribution is -0.124. The number of hydrogen-bond acceptors (Lipinski definition) is 5. The minimum absolute atomic E-state index is 0.0443. The third kappa shape index (κ3) is 5.01. The van der Waals surface area contributed by atoms with Crippen LogP contribution in [0, 0.1) is 5.82 Å². The van der Waals surface area contributed by atoms with Crippen molar-refractivity contribution in [3.8, 4) is 0 Å². The van der Waals surface area contributed by atoms with E-state index < -0.39 is 36.1 Å². The largest absolute Gasteiger partial charge is 0.452 e. The molecule has 1 N–H and O–H groups in total. The summed E-state index contributed by atoms with van der Waals surface area (Å²) in [5, 5.41) is 2.47. The van der Waals surface area contributed by atoms with E-state index in [0.29, 0.717) is 12.0 Å². The second-order valence-electron chi connectivity index (χ2n) is 7.70. The first kappa shape index (κ1) is 22.8. The number of amides is 3. The van der Waals surface area contributed by atoms with Crippen molar-refractivity contribution in [3.63, 3.8) is 0 Å². The summed E-state index contributed by atoms with van der Waals surface area (Å²) >= 11 is 0. The van der Waals surface area contributed by atoms with Crippen molar-refractivity contribution < 1.29 is 28.3 Å². The molecule has 0 radical (unpaired) electrons. The fourth-order valence-electron chi connectivity index (χ4n) is 3.61. The Morgan fingerprint density at radius 2 is 1.59 bits per heavy atom. The number of nitrogens with one attached hydrogen (secondary N) is 1. The van der Waals surface area contributed by atoms with Gasteiger partial charge in [0.05, 0.1) is 16.7 Å². The number of fused-ring (bicyclic) bond motifs is 1. The van der Waals surface area contributed by atoms with Gasteiger partial charge in [-0.25, -0.2) is 9.18 Å². The number of benzene rings is 3. The van der Waals surface area contributed by atoms with E-state index in [2.05, 4.69) is 5.32 Å². The second-order valence-corrected chi connectivity index (χ2v) is 7.70. The molecule has 34 heavy (non-hydrogen) atoms. The zero-order valence-corrected chi connectivity index (χ0v) is 18.1. The Labute approximate surface area is 195 Å². The number of esters is 1. The van der Waals surface area contributed by atoms with Crippen LogP contribution in [-0.4, -0.2) is 41.7 Å². The Bertz CT molecular complexity index is 1260. The van der Waals surface area contributed by atoms with Crippen LogP contribution in [0.1, 0.15) is 42.2 Å². The van der Waals surface area contributed by atoms with E-state index in [9.17, 15) is 23.6 Å². The van der Waals surface area contributed by atoms with Crippen LogP contribution in [0.4, 0.5) is 4.39 Å². The Morgan fingerprint density at radius 1 is 0.882 bits per heavy atom. The normalized spacial score (nSPS) is 12.4. The van der Waals surface area contributed by atoms with E-state index in [4.69, 9.17) is 4.74 Å². The average molecular weight is 460 g/mol. The first-order valence-electron chi connectivity index (χ1n) is 10.7. The zero-order chi connectivity index (χ0) is 24.1. The molecular weight excluding hydrogens is 439 g/mol. The molecule has 7 nitrogen and oxygen atoms in total. The van der Waals surface area contributed by atoms with E-state index in [1.54, 1.807) is 12.1 Å². The number of halogens is 1. The number of carbonyl (C=O) groups is 4. The first-order chi connectivity index (χ1) is 16.4. The quantitative estimate of drug-likeness (QED) is 0.412. The highest BCUT2D eigenvalue weighted by Crippen LogP contribution is 2.24. The van der Waals surface area contributed by atoms with E-state index in [1.165, 1.54) is 30.3 Å². The molecule has 1 aliphatic rings. The molecule has 0 atom stereocenters. The molecule has 0 saturated heterocycles. The topological polar surface area (TPSA) is 92.8 Å². The number of rotatable bonds is 8. The van der Waals surface area contributed by atoms with Gasteiger partial charge in [0.15, 0.2) is 6.61 Å². The van der Waals surface area contributed by atoms with Crippen LogP contribution in [0.5, 0.6) is 0 Å².